The minimum absolute atomic E-state index is 0.0360. The van der Waals surface area contributed by atoms with Gasteiger partial charge in [0.15, 0.2) is 0 Å². The average molecular weight is 260 g/mol. The van der Waals surface area contributed by atoms with Gasteiger partial charge in [-0.25, -0.2) is 4.98 Å². The number of hydrogen-bond donors (Lipinski definition) is 1. The van der Waals surface area contributed by atoms with Crippen LogP contribution < -0.4 is 0 Å². The third kappa shape index (κ3) is 2.83. The molecule has 0 spiro atoms. The standard InChI is InChI=1S/C9H14BrN3O/c1-9(2,10)8(14)13(3)6-7-11-4-5-12-7/h4-5H,6H2,1-3H3,(H,11,12). The summed E-state index contributed by atoms with van der Waals surface area (Å²) in [6.07, 6.45) is 3.42. The molecule has 78 valence electrons. The van der Waals surface area contributed by atoms with Crippen LogP contribution >= 0.6 is 15.9 Å². The molecule has 0 radical (unpaired) electrons. The lowest BCUT2D eigenvalue weighted by atomic mass is 10.2. The Morgan fingerprint density at radius 2 is 2.36 bits per heavy atom. The number of alkyl halides is 1. The molecule has 1 aromatic heterocycles. The molecule has 14 heavy (non-hydrogen) atoms. The first kappa shape index (κ1) is 11.2. The number of carbonyl (C=O) groups excluding carboxylic acids is 1. The monoisotopic (exact) mass is 259 g/mol. The van der Waals surface area contributed by atoms with Crippen LogP contribution in [0.25, 0.3) is 0 Å². The fraction of sp³-hybridized carbons (Fsp3) is 0.556. The molecular formula is C9H14BrN3O. The maximum absolute atomic E-state index is 11.7. The van der Waals surface area contributed by atoms with E-state index >= 15 is 0 Å². The van der Waals surface area contributed by atoms with Gasteiger partial charge in [-0.05, 0) is 13.8 Å². The minimum Gasteiger partial charge on any atom is -0.347 e. The summed E-state index contributed by atoms with van der Waals surface area (Å²) in [4.78, 5) is 20.4. The van der Waals surface area contributed by atoms with Crippen molar-refractivity contribution in [3.8, 4) is 0 Å². The summed E-state index contributed by atoms with van der Waals surface area (Å²) < 4.78 is -0.520. The van der Waals surface area contributed by atoms with Crippen molar-refractivity contribution in [1.82, 2.24) is 14.9 Å². The van der Waals surface area contributed by atoms with E-state index in [1.807, 2.05) is 13.8 Å². The van der Waals surface area contributed by atoms with E-state index in [1.54, 1.807) is 24.3 Å². The highest BCUT2D eigenvalue weighted by Gasteiger charge is 2.27. The first-order valence-corrected chi connectivity index (χ1v) is 5.13. The van der Waals surface area contributed by atoms with Crippen LogP contribution in [-0.4, -0.2) is 32.1 Å². The van der Waals surface area contributed by atoms with Crippen molar-refractivity contribution in [2.24, 2.45) is 0 Å². The molecule has 1 heterocycles. The Balaban J connectivity index is 2.59. The van der Waals surface area contributed by atoms with Gasteiger partial charge in [-0.15, -0.1) is 0 Å². The van der Waals surface area contributed by atoms with Gasteiger partial charge in [0.2, 0.25) is 5.91 Å². The number of imidazole rings is 1. The van der Waals surface area contributed by atoms with Crippen molar-refractivity contribution in [2.75, 3.05) is 7.05 Å². The summed E-state index contributed by atoms with van der Waals surface area (Å²) >= 11 is 3.33. The molecule has 0 saturated carbocycles. The SMILES string of the molecule is CN(Cc1ncc[nH]1)C(=O)C(C)(C)Br. The number of H-pyrrole nitrogens is 1. The molecule has 0 bridgehead atoms. The van der Waals surface area contributed by atoms with Crippen molar-refractivity contribution < 1.29 is 4.79 Å². The number of carbonyl (C=O) groups is 1. The van der Waals surface area contributed by atoms with Crippen LogP contribution in [0.4, 0.5) is 0 Å². The van der Waals surface area contributed by atoms with Crippen molar-refractivity contribution in [3.05, 3.63) is 18.2 Å². The number of halogens is 1. The predicted octanol–water partition coefficient (Wildman–Crippen LogP) is 1.54. The molecule has 0 saturated heterocycles. The predicted molar refractivity (Wildman–Crippen MR) is 58.1 cm³/mol. The molecule has 1 N–H and O–H groups in total. The fourth-order valence-corrected chi connectivity index (χ4v) is 1.44. The van der Waals surface area contributed by atoms with Crippen LogP contribution in [0, 0.1) is 0 Å². The highest BCUT2D eigenvalue weighted by Crippen LogP contribution is 2.19. The van der Waals surface area contributed by atoms with Crippen LogP contribution in [0.1, 0.15) is 19.7 Å². The number of rotatable bonds is 3. The minimum atomic E-state index is -0.520. The van der Waals surface area contributed by atoms with Crippen molar-refractivity contribution in [1.29, 1.82) is 0 Å². The molecule has 0 unspecified atom stereocenters. The summed E-state index contributed by atoms with van der Waals surface area (Å²) in [5, 5.41) is 0. The third-order valence-corrected chi connectivity index (χ3v) is 2.14. The average Bonchev–Trinajstić information content (AvgIpc) is 2.53. The van der Waals surface area contributed by atoms with E-state index in [2.05, 4.69) is 25.9 Å². The molecule has 4 nitrogen and oxygen atoms in total. The fourth-order valence-electron chi connectivity index (χ4n) is 1.13. The Bertz CT molecular complexity index is 302. The summed E-state index contributed by atoms with van der Waals surface area (Å²) in [5.74, 6) is 0.825. The van der Waals surface area contributed by atoms with Gasteiger partial charge in [-0.3, -0.25) is 4.79 Å². The highest BCUT2D eigenvalue weighted by molar-refractivity contribution is 9.10. The molecule has 1 rings (SSSR count). The van der Waals surface area contributed by atoms with Gasteiger partial charge in [-0.2, -0.15) is 0 Å². The molecular weight excluding hydrogens is 246 g/mol. The second-order valence-electron chi connectivity index (χ2n) is 3.67. The molecule has 0 atom stereocenters. The lowest BCUT2D eigenvalue weighted by Gasteiger charge is -2.23. The molecule has 0 aliphatic carbocycles. The summed E-state index contributed by atoms with van der Waals surface area (Å²) in [6, 6.07) is 0. The van der Waals surface area contributed by atoms with Crippen LogP contribution in [-0.2, 0) is 11.3 Å². The van der Waals surface area contributed by atoms with Crippen molar-refractivity contribution in [2.45, 2.75) is 24.7 Å². The summed E-state index contributed by atoms with van der Waals surface area (Å²) in [5.41, 5.74) is 0. The zero-order valence-corrected chi connectivity index (χ0v) is 10.1. The first-order chi connectivity index (χ1) is 6.41. The van der Waals surface area contributed by atoms with E-state index in [4.69, 9.17) is 0 Å². The Kier molecular flexibility index (Phi) is 3.31. The van der Waals surface area contributed by atoms with E-state index in [0.29, 0.717) is 6.54 Å². The van der Waals surface area contributed by atoms with Crippen LogP contribution in [0.5, 0.6) is 0 Å². The first-order valence-electron chi connectivity index (χ1n) is 4.34. The number of amides is 1. The van der Waals surface area contributed by atoms with Crippen LogP contribution in [0.15, 0.2) is 12.4 Å². The normalized spacial score (nSPS) is 11.4. The molecule has 1 aromatic rings. The maximum atomic E-state index is 11.7. The number of nitrogens with one attached hydrogen (secondary N) is 1. The molecule has 0 aliphatic rings. The van der Waals surface area contributed by atoms with Gasteiger partial charge in [0.05, 0.1) is 10.9 Å². The van der Waals surface area contributed by atoms with Gasteiger partial charge in [0.1, 0.15) is 5.82 Å². The lowest BCUT2D eigenvalue weighted by Crippen LogP contribution is -2.38. The van der Waals surface area contributed by atoms with Gasteiger partial charge in [0.25, 0.3) is 0 Å². The second-order valence-corrected chi connectivity index (χ2v) is 5.65. The molecule has 0 fully saturated rings. The summed E-state index contributed by atoms with van der Waals surface area (Å²) in [7, 11) is 1.76. The van der Waals surface area contributed by atoms with Crippen molar-refractivity contribution >= 4 is 21.8 Å². The molecule has 0 aromatic carbocycles. The maximum Gasteiger partial charge on any atom is 0.239 e. The van der Waals surface area contributed by atoms with Gasteiger partial charge in [-0.1, -0.05) is 15.9 Å². The van der Waals surface area contributed by atoms with E-state index < -0.39 is 4.32 Å². The summed E-state index contributed by atoms with van der Waals surface area (Å²) in [6.45, 7) is 4.16. The Morgan fingerprint density at radius 1 is 1.71 bits per heavy atom. The Hall–Kier alpha value is -0.840. The number of hydrogen-bond acceptors (Lipinski definition) is 2. The van der Waals surface area contributed by atoms with Crippen molar-refractivity contribution in [3.63, 3.8) is 0 Å². The molecule has 5 heteroatoms. The Morgan fingerprint density at radius 3 is 2.79 bits per heavy atom. The largest absolute Gasteiger partial charge is 0.347 e. The molecule has 0 aliphatic heterocycles. The van der Waals surface area contributed by atoms with Crippen LogP contribution in [0.3, 0.4) is 0 Å². The lowest BCUT2D eigenvalue weighted by molar-refractivity contribution is -0.132. The van der Waals surface area contributed by atoms with Gasteiger partial charge in [0, 0.05) is 19.4 Å². The van der Waals surface area contributed by atoms with Gasteiger partial charge >= 0.3 is 0 Å². The molecule has 1 amide bonds. The number of nitrogens with zero attached hydrogens (tertiary/aromatic N) is 2. The van der Waals surface area contributed by atoms with Crippen LogP contribution in [0.2, 0.25) is 0 Å². The smallest absolute Gasteiger partial charge is 0.239 e. The quantitative estimate of drug-likeness (QED) is 0.838. The van der Waals surface area contributed by atoms with Gasteiger partial charge < -0.3 is 9.88 Å². The number of aromatic amines is 1. The van der Waals surface area contributed by atoms with E-state index in [0.717, 1.165) is 5.82 Å². The Labute approximate surface area is 91.8 Å². The van der Waals surface area contributed by atoms with E-state index in [9.17, 15) is 4.79 Å². The van der Waals surface area contributed by atoms with E-state index in [1.165, 1.54) is 0 Å². The third-order valence-electron chi connectivity index (χ3n) is 1.80. The second kappa shape index (κ2) is 4.13. The topological polar surface area (TPSA) is 49.0 Å². The highest BCUT2D eigenvalue weighted by atomic mass is 79.9. The zero-order chi connectivity index (χ0) is 10.8. The number of aromatic nitrogens is 2. The zero-order valence-electron chi connectivity index (χ0n) is 8.54. The van der Waals surface area contributed by atoms with E-state index in [-0.39, 0.29) is 5.91 Å².